The zero-order valence-electron chi connectivity index (χ0n) is 13.2. The lowest BCUT2D eigenvalue weighted by atomic mass is 10.1. The first-order valence-corrected chi connectivity index (χ1v) is 7.22. The lowest BCUT2D eigenvalue weighted by Crippen LogP contribution is -2.30. The van der Waals surface area contributed by atoms with E-state index in [9.17, 15) is 14.0 Å². The SMILES string of the molecule is Cc1ccc(C(=O)O[C@H](C)C(=O)Nc2ccccc2F)c(C)c1. The van der Waals surface area contributed by atoms with Crippen LogP contribution < -0.4 is 5.32 Å². The van der Waals surface area contributed by atoms with E-state index in [1.807, 2.05) is 13.0 Å². The van der Waals surface area contributed by atoms with E-state index in [-0.39, 0.29) is 5.69 Å². The second-order valence-electron chi connectivity index (χ2n) is 5.34. The van der Waals surface area contributed by atoms with Gasteiger partial charge in [-0.15, -0.1) is 0 Å². The largest absolute Gasteiger partial charge is 0.449 e. The first kappa shape index (κ1) is 16.7. The van der Waals surface area contributed by atoms with Crippen LogP contribution in [0.5, 0.6) is 0 Å². The number of carbonyl (C=O) groups excluding carboxylic acids is 2. The van der Waals surface area contributed by atoms with E-state index in [0.29, 0.717) is 5.56 Å². The first-order valence-electron chi connectivity index (χ1n) is 7.22. The monoisotopic (exact) mass is 315 g/mol. The Kier molecular flexibility index (Phi) is 5.11. The number of rotatable bonds is 4. The molecule has 0 bridgehead atoms. The number of hydrogen-bond acceptors (Lipinski definition) is 3. The zero-order valence-corrected chi connectivity index (χ0v) is 13.2. The molecule has 0 fully saturated rings. The molecule has 5 heteroatoms. The summed E-state index contributed by atoms with van der Waals surface area (Å²) in [7, 11) is 0. The Morgan fingerprint density at radius 3 is 2.48 bits per heavy atom. The minimum absolute atomic E-state index is 0.0481. The van der Waals surface area contributed by atoms with Gasteiger partial charge in [-0.2, -0.15) is 0 Å². The molecule has 0 saturated heterocycles. The fourth-order valence-corrected chi connectivity index (χ4v) is 2.12. The number of carbonyl (C=O) groups is 2. The molecular weight excluding hydrogens is 297 g/mol. The van der Waals surface area contributed by atoms with Crippen molar-refractivity contribution in [1.82, 2.24) is 0 Å². The molecule has 2 aromatic carbocycles. The van der Waals surface area contributed by atoms with E-state index in [1.165, 1.54) is 25.1 Å². The molecule has 0 aliphatic rings. The summed E-state index contributed by atoms with van der Waals surface area (Å²) < 4.78 is 18.7. The van der Waals surface area contributed by atoms with E-state index in [4.69, 9.17) is 4.74 Å². The van der Waals surface area contributed by atoms with Crippen LogP contribution >= 0.6 is 0 Å². The summed E-state index contributed by atoms with van der Waals surface area (Å²) in [6, 6.07) is 11.1. The van der Waals surface area contributed by atoms with Gasteiger partial charge in [-0.1, -0.05) is 29.8 Å². The number of para-hydroxylation sites is 1. The molecule has 0 aliphatic heterocycles. The molecule has 2 aromatic rings. The molecule has 0 saturated carbocycles. The Hall–Kier alpha value is -2.69. The third-order valence-electron chi connectivity index (χ3n) is 3.39. The van der Waals surface area contributed by atoms with Crippen molar-refractivity contribution in [1.29, 1.82) is 0 Å². The Balaban J connectivity index is 2.03. The molecule has 0 aliphatic carbocycles. The van der Waals surface area contributed by atoms with Crippen molar-refractivity contribution in [2.24, 2.45) is 0 Å². The molecule has 0 unspecified atom stereocenters. The maximum absolute atomic E-state index is 13.5. The molecule has 0 aromatic heterocycles. The van der Waals surface area contributed by atoms with Gasteiger partial charge in [0.05, 0.1) is 11.3 Å². The van der Waals surface area contributed by atoms with Gasteiger partial charge in [0.15, 0.2) is 6.10 Å². The van der Waals surface area contributed by atoms with Gasteiger partial charge in [0.2, 0.25) is 0 Å². The number of benzene rings is 2. The second kappa shape index (κ2) is 7.05. The van der Waals surface area contributed by atoms with Crippen molar-refractivity contribution >= 4 is 17.6 Å². The fraction of sp³-hybridized carbons (Fsp3) is 0.222. The number of aryl methyl sites for hydroxylation is 2. The van der Waals surface area contributed by atoms with Crippen molar-refractivity contribution < 1.29 is 18.7 Å². The van der Waals surface area contributed by atoms with Crippen LogP contribution in [-0.4, -0.2) is 18.0 Å². The Bertz CT molecular complexity index is 743. The van der Waals surface area contributed by atoms with Gasteiger partial charge in [-0.05, 0) is 44.5 Å². The van der Waals surface area contributed by atoms with E-state index < -0.39 is 23.8 Å². The molecule has 0 heterocycles. The highest BCUT2D eigenvalue weighted by Gasteiger charge is 2.20. The second-order valence-corrected chi connectivity index (χ2v) is 5.34. The van der Waals surface area contributed by atoms with Crippen LogP contribution in [0.3, 0.4) is 0 Å². The quantitative estimate of drug-likeness (QED) is 0.877. The van der Waals surface area contributed by atoms with Crippen molar-refractivity contribution in [2.45, 2.75) is 26.9 Å². The molecular formula is C18H18FNO3. The van der Waals surface area contributed by atoms with Gasteiger partial charge in [0, 0.05) is 0 Å². The summed E-state index contributed by atoms with van der Waals surface area (Å²) >= 11 is 0. The highest BCUT2D eigenvalue weighted by molar-refractivity contribution is 5.97. The van der Waals surface area contributed by atoms with E-state index in [0.717, 1.165) is 11.1 Å². The highest BCUT2D eigenvalue weighted by atomic mass is 19.1. The maximum Gasteiger partial charge on any atom is 0.339 e. The van der Waals surface area contributed by atoms with Crippen molar-refractivity contribution in [3.05, 3.63) is 65.0 Å². The molecule has 23 heavy (non-hydrogen) atoms. The lowest BCUT2D eigenvalue weighted by Gasteiger charge is -2.15. The molecule has 120 valence electrons. The van der Waals surface area contributed by atoms with Crippen LogP contribution in [0.4, 0.5) is 10.1 Å². The normalized spacial score (nSPS) is 11.7. The summed E-state index contributed by atoms with van der Waals surface area (Å²) in [4.78, 5) is 24.2. The number of ether oxygens (including phenoxy) is 1. The number of amides is 1. The Morgan fingerprint density at radius 1 is 1.13 bits per heavy atom. The highest BCUT2D eigenvalue weighted by Crippen LogP contribution is 2.15. The minimum atomic E-state index is -1.04. The predicted molar refractivity (Wildman–Crippen MR) is 85.8 cm³/mol. The van der Waals surface area contributed by atoms with E-state index in [2.05, 4.69) is 5.32 Å². The van der Waals surface area contributed by atoms with Gasteiger partial charge in [0.25, 0.3) is 5.91 Å². The maximum atomic E-state index is 13.5. The van der Waals surface area contributed by atoms with Crippen LogP contribution in [0.2, 0.25) is 0 Å². The summed E-state index contributed by atoms with van der Waals surface area (Å²) in [5, 5.41) is 2.40. The number of anilines is 1. The first-order chi connectivity index (χ1) is 10.9. The average Bonchev–Trinajstić information content (AvgIpc) is 2.49. The molecule has 1 amide bonds. The summed E-state index contributed by atoms with van der Waals surface area (Å²) in [6.45, 7) is 5.16. The zero-order chi connectivity index (χ0) is 17.0. The lowest BCUT2D eigenvalue weighted by molar-refractivity contribution is -0.123. The van der Waals surface area contributed by atoms with Crippen LogP contribution in [0, 0.1) is 19.7 Å². The van der Waals surface area contributed by atoms with Crippen LogP contribution in [-0.2, 0) is 9.53 Å². The van der Waals surface area contributed by atoms with E-state index >= 15 is 0 Å². The van der Waals surface area contributed by atoms with Crippen molar-refractivity contribution in [3.63, 3.8) is 0 Å². The molecule has 0 spiro atoms. The fourth-order valence-electron chi connectivity index (χ4n) is 2.12. The minimum Gasteiger partial charge on any atom is -0.449 e. The van der Waals surface area contributed by atoms with Gasteiger partial charge < -0.3 is 10.1 Å². The van der Waals surface area contributed by atoms with Gasteiger partial charge in [-0.25, -0.2) is 9.18 Å². The van der Waals surface area contributed by atoms with Crippen molar-refractivity contribution in [2.75, 3.05) is 5.32 Å². The standard InChI is InChI=1S/C18H18FNO3/c1-11-8-9-14(12(2)10-11)18(22)23-13(3)17(21)20-16-7-5-4-6-15(16)19/h4-10,13H,1-3H3,(H,20,21)/t13-/m1/s1. The molecule has 4 nitrogen and oxygen atoms in total. The summed E-state index contributed by atoms with van der Waals surface area (Å²) in [6.07, 6.45) is -1.04. The molecule has 2 rings (SSSR count). The Morgan fingerprint density at radius 2 is 1.83 bits per heavy atom. The van der Waals surface area contributed by atoms with E-state index in [1.54, 1.807) is 25.1 Å². The third kappa shape index (κ3) is 4.16. The smallest absolute Gasteiger partial charge is 0.339 e. The molecule has 1 N–H and O–H groups in total. The predicted octanol–water partition coefficient (Wildman–Crippen LogP) is 3.63. The summed E-state index contributed by atoms with van der Waals surface area (Å²) in [5.74, 6) is -1.72. The van der Waals surface area contributed by atoms with Gasteiger partial charge in [-0.3, -0.25) is 4.79 Å². The van der Waals surface area contributed by atoms with Crippen LogP contribution in [0.1, 0.15) is 28.4 Å². The average molecular weight is 315 g/mol. The number of hydrogen-bond donors (Lipinski definition) is 1. The van der Waals surface area contributed by atoms with Crippen LogP contribution in [0.15, 0.2) is 42.5 Å². The van der Waals surface area contributed by atoms with Crippen molar-refractivity contribution in [3.8, 4) is 0 Å². The number of halogens is 1. The van der Waals surface area contributed by atoms with Crippen LogP contribution in [0.25, 0.3) is 0 Å². The van der Waals surface area contributed by atoms with Gasteiger partial charge >= 0.3 is 5.97 Å². The summed E-state index contributed by atoms with van der Waals surface area (Å²) in [5.41, 5.74) is 2.26. The number of esters is 1. The Labute approximate surface area is 134 Å². The number of nitrogens with one attached hydrogen (secondary N) is 1. The van der Waals surface area contributed by atoms with Gasteiger partial charge in [0.1, 0.15) is 5.82 Å². The molecule has 1 atom stereocenters. The third-order valence-corrected chi connectivity index (χ3v) is 3.39. The topological polar surface area (TPSA) is 55.4 Å². The molecule has 0 radical (unpaired) electrons.